The van der Waals surface area contributed by atoms with Crippen LogP contribution >= 0.6 is 0 Å². The van der Waals surface area contributed by atoms with E-state index in [-0.39, 0.29) is 5.91 Å². The number of nitrogens with zero attached hydrogens (tertiary/aromatic N) is 3. The number of hydrogen-bond acceptors (Lipinski definition) is 5. The van der Waals surface area contributed by atoms with E-state index in [0.29, 0.717) is 23.7 Å². The number of pyridine rings is 1. The molecule has 88 valence electrons. The van der Waals surface area contributed by atoms with E-state index in [1.54, 1.807) is 12.3 Å². The normalized spacial score (nSPS) is 19.4. The van der Waals surface area contributed by atoms with Crippen molar-refractivity contribution >= 4 is 17.4 Å². The van der Waals surface area contributed by atoms with Crippen molar-refractivity contribution in [2.45, 2.75) is 0 Å². The first-order valence-corrected chi connectivity index (χ1v) is 5.38. The fraction of sp³-hybridized carbons (Fsp3) is 0.273. The molecule has 6 heteroatoms. The minimum atomic E-state index is -0.105. The van der Waals surface area contributed by atoms with Crippen molar-refractivity contribution in [2.24, 2.45) is 0 Å². The maximum atomic E-state index is 12.1. The first-order chi connectivity index (χ1) is 8.16. The van der Waals surface area contributed by atoms with Gasteiger partial charge in [0.1, 0.15) is 5.70 Å². The predicted molar refractivity (Wildman–Crippen MR) is 63.9 cm³/mol. The first-order valence-electron chi connectivity index (χ1n) is 5.38. The molecule has 0 aliphatic carbocycles. The summed E-state index contributed by atoms with van der Waals surface area (Å²) in [4.78, 5) is 16.3. The van der Waals surface area contributed by atoms with E-state index in [0.717, 1.165) is 5.70 Å². The molecule has 2 aliphatic heterocycles. The Hall–Kier alpha value is -2.08. The maximum Gasteiger partial charge on any atom is 0.275 e. The van der Waals surface area contributed by atoms with E-state index in [2.05, 4.69) is 15.6 Å². The minimum Gasteiger partial charge on any atom is -0.339 e. The fourth-order valence-corrected chi connectivity index (χ4v) is 2.09. The minimum absolute atomic E-state index is 0.105. The summed E-state index contributed by atoms with van der Waals surface area (Å²) in [6.45, 7) is 0.676. The second-order valence-electron chi connectivity index (χ2n) is 4.15. The fourth-order valence-electron chi connectivity index (χ4n) is 2.09. The molecule has 1 amide bonds. The summed E-state index contributed by atoms with van der Waals surface area (Å²) in [5.74, 6) is 0.584. The standard InChI is InChI=1S/C11H13N5O/c1-15-6-8-9(16(15)2)11(17)14-7-4-3-5-12-10(7)13-8/h3-5H,6H2,1-2H3,(H,12,13)(H,14,17). The molecule has 0 unspecified atom stereocenters. The van der Waals surface area contributed by atoms with Gasteiger partial charge in [0, 0.05) is 20.3 Å². The van der Waals surface area contributed by atoms with Crippen LogP contribution in [0.5, 0.6) is 0 Å². The van der Waals surface area contributed by atoms with Crippen molar-refractivity contribution < 1.29 is 4.79 Å². The lowest BCUT2D eigenvalue weighted by Crippen LogP contribution is -2.34. The van der Waals surface area contributed by atoms with Crippen LogP contribution in [-0.2, 0) is 4.79 Å². The van der Waals surface area contributed by atoms with Crippen LogP contribution in [-0.4, -0.2) is 41.5 Å². The largest absolute Gasteiger partial charge is 0.339 e. The van der Waals surface area contributed by atoms with Crippen molar-refractivity contribution in [3.05, 3.63) is 29.7 Å². The summed E-state index contributed by atoms with van der Waals surface area (Å²) < 4.78 is 0. The molecular formula is C11H13N5O. The molecule has 1 aromatic rings. The molecular weight excluding hydrogens is 218 g/mol. The van der Waals surface area contributed by atoms with Crippen LogP contribution in [0.3, 0.4) is 0 Å². The first kappa shape index (κ1) is 10.1. The van der Waals surface area contributed by atoms with Gasteiger partial charge < -0.3 is 15.6 Å². The number of amides is 1. The molecule has 17 heavy (non-hydrogen) atoms. The van der Waals surface area contributed by atoms with Crippen molar-refractivity contribution in [3.8, 4) is 0 Å². The maximum absolute atomic E-state index is 12.1. The van der Waals surface area contributed by atoms with E-state index in [4.69, 9.17) is 0 Å². The second-order valence-corrected chi connectivity index (χ2v) is 4.15. The number of fused-ring (bicyclic) bond motifs is 1. The highest BCUT2D eigenvalue weighted by Crippen LogP contribution is 2.29. The molecule has 6 nitrogen and oxygen atoms in total. The lowest BCUT2D eigenvalue weighted by Gasteiger charge is -2.23. The van der Waals surface area contributed by atoms with Crippen LogP contribution in [0.1, 0.15) is 0 Å². The zero-order valence-corrected chi connectivity index (χ0v) is 9.69. The highest BCUT2D eigenvalue weighted by atomic mass is 16.2. The van der Waals surface area contributed by atoms with E-state index in [1.165, 1.54) is 0 Å². The molecule has 0 saturated heterocycles. The van der Waals surface area contributed by atoms with Crippen molar-refractivity contribution in [3.63, 3.8) is 0 Å². The molecule has 1 aromatic heterocycles. The van der Waals surface area contributed by atoms with E-state index in [1.807, 2.05) is 30.2 Å². The molecule has 2 aliphatic rings. The highest BCUT2D eigenvalue weighted by molar-refractivity contribution is 6.07. The summed E-state index contributed by atoms with van der Waals surface area (Å²) in [5, 5.41) is 9.87. The summed E-state index contributed by atoms with van der Waals surface area (Å²) >= 11 is 0. The Bertz CT molecular complexity index is 524. The topological polar surface area (TPSA) is 60.5 Å². The summed E-state index contributed by atoms with van der Waals surface area (Å²) in [5.41, 5.74) is 2.23. The van der Waals surface area contributed by atoms with Crippen LogP contribution in [0.25, 0.3) is 0 Å². The molecule has 3 heterocycles. The van der Waals surface area contributed by atoms with Crippen molar-refractivity contribution in [1.82, 2.24) is 15.0 Å². The summed E-state index contributed by atoms with van der Waals surface area (Å²) in [6.07, 6.45) is 1.70. The van der Waals surface area contributed by atoms with Gasteiger partial charge in [0.15, 0.2) is 5.82 Å². The monoisotopic (exact) mass is 231 g/mol. The molecule has 0 spiro atoms. The lowest BCUT2D eigenvalue weighted by molar-refractivity contribution is -0.115. The molecule has 0 bridgehead atoms. The molecule has 0 aromatic carbocycles. The average Bonchev–Trinajstić information content (AvgIpc) is 2.50. The number of anilines is 2. The number of hydrogen-bond donors (Lipinski definition) is 2. The Labute approximate surface area is 98.9 Å². The Morgan fingerprint density at radius 3 is 3.00 bits per heavy atom. The Morgan fingerprint density at radius 2 is 2.18 bits per heavy atom. The van der Waals surface area contributed by atoms with E-state index < -0.39 is 0 Å². The molecule has 0 atom stereocenters. The van der Waals surface area contributed by atoms with Gasteiger partial charge in [-0.1, -0.05) is 0 Å². The second kappa shape index (κ2) is 3.46. The quantitative estimate of drug-likeness (QED) is 0.679. The lowest BCUT2D eigenvalue weighted by atomic mass is 10.3. The van der Waals surface area contributed by atoms with Crippen LogP contribution < -0.4 is 10.6 Å². The number of nitrogens with one attached hydrogen (secondary N) is 2. The number of carbonyl (C=O) groups is 1. The van der Waals surface area contributed by atoms with Gasteiger partial charge in [0.25, 0.3) is 5.91 Å². The number of likely N-dealkylation sites (N-methyl/N-ethyl adjacent to an activating group) is 2. The molecule has 0 fully saturated rings. The van der Waals surface area contributed by atoms with Gasteiger partial charge in [0.05, 0.1) is 17.9 Å². The van der Waals surface area contributed by atoms with Gasteiger partial charge >= 0.3 is 0 Å². The van der Waals surface area contributed by atoms with Crippen LogP contribution in [0.4, 0.5) is 11.5 Å². The SMILES string of the molecule is CN1CC2=C(C(=O)Nc3cccnc3N2)N1C. The Morgan fingerprint density at radius 1 is 1.35 bits per heavy atom. The van der Waals surface area contributed by atoms with Gasteiger partial charge in [-0.25, -0.2) is 9.99 Å². The van der Waals surface area contributed by atoms with Gasteiger partial charge in [0.2, 0.25) is 0 Å². The number of rotatable bonds is 0. The zero-order chi connectivity index (χ0) is 12.0. The van der Waals surface area contributed by atoms with Gasteiger partial charge in [-0.3, -0.25) is 4.79 Å². The smallest absolute Gasteiger partial charge is 0.275 e. The van der Waals surface area contributed by atoms with E-state index >= 15 is 0 Å². The van der Waals surface area contributed by atoms with Crippen LogP contribution in [0, 0.1) is 0 Å². The predicted octanol–water partition coefficient (Wildman–Crippen LogP) is 0.449. The Balaban J connectivity index is 2.06. The van der Waals surface area contributed by atoms with Crippen LogP contribution in [0.15, 0.2) is 29.7 Å². The summed E-state index contributed by atoms with van der Waals surface area (Å²) in [7, 11) is 3.80. The summed E-state index contributed by atoms with van der Waals surface area (Å²) in [6, 6.07) is 3.63. The van der Waals surface area contributed by atoms with Crippen molar-refractivity contribution in [2.75, 3.05) is 31.3 Å². The number of carbonyl (C=O) groups excluding carboxylic acids is 1. The third-order valence-electron chi connectivity index (χ3n) is 3.05. The molecule has 2 N–H and O–H groups in total. The highest BCUT2D eigenvalue weighted by Gasteiger charge is 2.32. The number of aromatic nitrogens is 1. The molecule has 3 rings (SSSR count). The van der Waals surface area contributed by atoms with E-state index in [9.17, 15) is 4.79 Å². The van der Waals surface area contributed by atoms with Crippen molar-refractivity contribution in [1.29, 1.82) is 0 Å². The average molecular weight is 231 g/mol. The van der Waals surface area contributed by atoms with Gasteiger partial charge in [-0.2, -0.15) is 0 Å². The van der Waals surface area contributed by atoms with Gasteiger partial charge in [-0.15, -0.1) is 0 Å². The van der Waals surface area contributed by atoms with Gasteiger partial charge in [-0.05, 0) is 12.1 Å². The Kier molecular flexibility index (Phi) is 2.05. The molecule has 0 radical (unpaired) electrons. The molecule has 0 saturated carbocycles. The number of hydrazine groups is 1. The third-order valence-corrected chi connectivity index (χ3v) is 3.05. The van der Waals surface area contributed by atoms with Crippen LogP contribution in [0.2, 0.25) is 0 Å². The third kappa shape index (κ3) is 1.45. The zero-order valence-electron chi connectivity index (χ0n) is 9.69.